The van der Waals surface area contributed by atoms with Crippen molar-refractivity contribution >= 4 is 17.7 Å². The van der Waals surface area contributed by atoms with E-state index in [0.717, 1.165) is 6.07 Å². The summed E-state index contributed by atoms with van der Waals surface area (Å²) in [7, 11) is 0. The van der Waals surface area contributed by atoms with Crippen LogP contribution >= 0.6 is 0 Å². The van der Waals surface area contributed by atoms with Crippen molar-refractivity contribution in [3.8, 4) is 0 Å². The molecule has 0 radical (unpaired) electrons. The van der Waals surface area contributed by atoms with Gasteiger partial charge in [-0.1, -0.05) is 0 Å². The third-order valence-corrected chi connectivity index (χ3v) is 3.62. The largest absolute Gasteiger partial charge is 0.352 e. The first kappa shape index (κ1) is 15.8. The molecule has 0 bridgehead atoms. The minimum absolute atomic E-state index is 0.153. The van der Waals surface area contributed by atoms with Gasteiger partial charge in [0.15, 0.2) is 0 Å². The Balaban J connectivity index is 1.64. The van der Waals surface area contributed by atoms with Crippen LogP contribution in [-0.2, 0) is 6.42 Å². The Bertz CT molecular complexity index is 845. The molecule has 2 N–H and O–H groups in total. The van der Waals surface area contributed by atoms with Crippen LogP contribution in [0.15, 0.2) is 36.4 Å². The average molecular weight is 330 g/mol. The summed E-state index contributed by atoms with van der Waals surface area (Å²) in [6.45, 7) is 0.171. The van der Waals surface area contributed by atoms with E-state index in [1.54, 1.807) is 0 Å². The van der Waals surface area contributed by atoms with E-state index in [0.29, 0.717) is 5.56 Å². The summed E-state index contributed by atoms with van der Waals surface area (Å²) >= 11 is 0. The van der Waals surface area contributed by atoms with E-state index in [1.165, 1.54) is 30.3 Å². The highest BCUT2D eigenvalue weighted by Crippen LogP contribution is 2.17. The van der Waals surface area contributed by atoms with Crippen molar-refractivity contribution < 1.29 is 23.2 Å². The van der Waals surface area contributed by atoms with Gasteiger partial charge in [0, 0.05) is 18.2 Å². The van der Waals surface area contributed by atoms with Gasteiger partial charge in [-0.25, -0.2) is 8.78 Å². The monoisotopic (exact) mass is 330 g/mol. The molecule has 3 rings (SSSR count). The zero-order valence-electron chi connectivity index (χ0n) is 12.4. The molecule has 7 heteroatoms. The lowest BCUT2D eigenvalue weighted by Gasteiger charge is -2.07. The molecule has 0 saturated carbocycles. The van der Waals surface area contributed by atoms with Crippen molar-refractivity contribution in [3.05, 3.63) is 70.3 Å². The summed E-state index contributed by atoms with van der Waals surface area (Å²) in [6.07, 6.45) is 0.254. The average Bonchev–Trinajstić information content (AvgIpc) is 2.80. The molecule has 1 aliphatic rings. The quantitative estimate of drug-likeness (QED) is 0.840. The molecule has 0 unspecified atom stereocenters. The molecule has 24 heavy (non-hydrogen) atoms. The van der Waals surface area contributed by atoms with Crippen molar-refractivity contribution in [1.82, 2.24) is 10.6 Å². The van der Waals surface area contributed by atoms with Crippen LogP contribution in [0.5, 0.6) is 0 Å². The van der Waals surface area contributed by atoms with Crippen molar-refractivity contribution in [2.75, 3.05) is 6.54 Å². The number of hydrogen-bond acceptors (Lipinski definition) is 3. The van der Waals surface area contributed by atoms with Crippen LogP contribution < -0.4 is 10.6 Å². The van der Waals surface area contributed by atoms with Crippen LogP contribution in [0, 0.1) is 11.6 Å². The first-order chi connectivity index (χ1) is 11.4. The minimum Gasteiger partial charge on any atom is -0.352 e. The maximum atomic E-state index is 13.1. The van der Waals surface area contributed by atoms with Crippen LogP contribution in [0.2, 0.25) is 0 Å². The molecular weight excluding hydrogens is 318 g/mol. The number of carbonyl (C=O) groups excluding carboxylic acids is 3. The lowest BCUT2D eigenvalue weighted by molar-refractivity contribution is 0.0878. The second-order valence-corrected chi connectivity index (χ2v) is 5.33. The third kappa shape index (κ3) is 3.15. The molecule has 0 aromatic heterocycles. The predicted octanol–water partition coefficient (Wildman–Crippen LogP) is 1.82. The molecule has 3 amide bonds. The van der Waals surface area contributed by atoms with Crippen LogP contribution in [0.3, 0.4) is 0 Å². The van der Waals surface area contributed by atoms with E-state index in [-0.39, 0.29) is 29.7 Å². The Morgan fingerprint density at radius 1 is 0.958 bits per heavy atom. The van der Waals surface area contributed by atoms with Crippen LogP contribution in [0.1, 0.15) is 36.6 Å². The van der Waals surface area contributed by atoms with Crippen molar-refractivity contribution in [1.29, 1.82) is 0 Å². The Kier molecular flexibility index (Phi) is 4.07. The summed E-state index contributed by atoms with van der Waals surface area (Å²) in [6, 6.07) is 7.35. The summed E-state index contributed by atoms with van der Waals surface area (Å²) in [4.78, 5) is 35.1. The fraction of sp³-hybridized carbons (Fsp3) is 0.118. The molecule has 2 aromatic carbocycles. The normalized spacial score (nSPS) is 12.8. The van der Waals surface area contributed by atoms with Crippen LogP contribution in [-0.4, -0.2) is 24.3 Å². The van der Waals surface area contributed by atoms with Gasteiger partial charge in [-0.05, 0) is 42.3 Å². The van der Waals surface area contributed by atoms with E-state index in [2.05, 4.69) is 10.6 Å². The van der Waals surface area contributed by atoms with E-state index in [9.17, 15) is 23.2 Å². The van der Waals surface area contributed by atoms with E-state index >= 15 is 0 Å². The highest BCUT2D eigenvalue weighted by atomic mass is 19.1. The summed E-state index contributed by atoms with van der Waals surface area (Å²) in [5.74, 6) is -2.83. The van der Waals surface area contributed by atoms with E-state index in [4.69, 9.17) is 0 Å². The van der Waals surface area contributed by atoms with Gasteiger partial charge < -0.3 is 5.32 Å². The number of hydrogen-bond donors (Lipinski definition) is 2. The summed E-state index contributed by atoms with van der Waals surface area (Å²) in [5, 5.41) is 4.75. The van der Waals surface area contributed by atoms with E-state index in [1.807, 2.05) is 0 Å². The number of amides is 3. The second-order valence-electron chi connectivity index (χ2n) is 5.33. The van der Waals surface area contributed by atoms with Gasteiger partial charge in [-0.15, -0.1) is 0 Å². The molecule has 1 heterocycles. The standard InChI is InChI=1S/C17H12F2N2O3/c18-11-5-9(6-12(19)8-11)3-4-20-15(22)10-1-2-13-14(7-10)17(24)21-16(13)23/h1-2,5-8H,3-4H2,(H,20,22)(H,21,23,24). The van der Waals surface area contributed by atoms with Crippen molar-refractivity contribution in [2.45, 2.75) is 6.42 Å². The summed E-state index contributed by atoms with van der Waals surface area (Å²) in [5.41, 5.74) is 1.03. The van der Waals surface area contributed by atoms with Gasteiger partial charge in [-0.2, -0.15) is 0 Å². The molecule has 5 nitrogen and oxygen atoms in total. The smallest absolute Gasteiger partial charge is 0.258 e. The van der Waals surface area contributed by atoms with Crippen molar-refractivity contribution in [2.24, 2.45) is 0 Å². The Morgan fingerprint density at radius 3 is 2.33 bits per heavy atom. The maximum absolute atomic E-state index is 13.1. The fourth-order valence-electron chi connectivity index (χ4n) is 2.49. The molecule has 0 fully saturated rings. The summed E-state index contributed by atoms with van der Waals surface area (Å²) < 4.78 is 26.2. The Morgan fingerprint density at radius 2 is 1.62 bits per heavy atom. The van der Waals surface area contributed by atoms with Gasteiger partial charge in [0.05, 0.1) is 11.1 Å². The number of carbonyl (C=O) groups is 3. The third-order valence-electron chi connectivity index (χ3n) is 3.62. The lowest BCUT2D eigenvalue weighted by Crippen LogP contribution is -2.26. The second kappa shape index (κ2) is 6.19. The minimum atomic E-state index is -0.675. The number of nitrogens with one attached hydrogen (secondary N) is 2. The topological polar surface area (TPSA) is 75.3 Å². The number of benzene rings is 2. The number of imide groups is 1. The van der Waals surface area contributed by atoms with E-state index < -0.39 is 29.4 Å². The molecule has 2 aromatic rings. The van der Waals surface area contributed by atoms with Gasteiger partial charge >= 0.3 is 0 Å². The van der Waals surface area contributed by atoms with Gasteiger partial charge in [0.2, 0.25) is 0 Å². The highest BCUT2D eigenvalue weighted by Gasteiger charge is 2.27. The predicted molar refractivity (Wildman–Crippen MR) is 80.6 cm³/mol. The number of halogens is 2. The molecule has 1 aliphatic heterocycles. The highest BCUT2D eigenvalue weighted by molar-refractivity contribution is 6.22. The SMILES string of the molecule is O=C(NCCc1cc(F)cc(F)c1)c1ccc2c(c1)C(=O)NC2=O. The van der Waals surface area contributed by atoms with Crippen LogP contribution in [0.25, 0.3) is 0 Å². The van der Waals surface area contributed by atoms with Crippen LogP contribution in [0.4, 0.5) is 8.78 Å². The maximum Gasteiger partial charge on any atom is 0.258 e. The zero-order valence-corrected chi connectivity index (χ0v) is 12.4. The molecular formula is C17H12F2N2O3. The van der Waals surface area contributed by atoms with Gasteiger partial charge in [0.1, 0.15) is 11.6 Å². The fourth-order valence-corrected chi connectivity index (χ4v) is 2.49. The first-order valence-corrected chi connectivity index (χ1v) is 7.17. The first-order valence-electron chi connectivity index (χ1n) is 7.17. The van der Waals surface area contributed by atoms with Gasteiger partial charge in [0.25, 0.3) is 17.7 Å². The zero-order chi connectivity index (χ0) is 17.3. The molecule has 0 spiro atoms. The molecule has 0 atom stereocenters. The molecule has 122 valence electrons. The Labute approximate surface area is 135 Å². The number of rotatable bonds is 4. The van der Waals surface area contributed by atoms with Gasteiger partial charge in [-0.3, -0.25) is 19.7 Å². The van der Waals surface area contributed by atoms with Crippen molar-refractivity contribution in [3.63, 3.8) is 0 Å². The molecule has 0 aliphatic carbocycles. The Hall–Kier alpha value is -3.09. The lowest BCUT2D eigenvalue weighted by atomic mass is 10.1. The molecule has 0 saturated heterocycles. The number of fused-ring (bicyclic) bond motifs is 1.